The number of carbonyl (C=O) groups excluding carboxylic acids is 2. The molecule has 0 atom stereocenters. The Labute approximate surface area is 158 Å². The van der Waals surface area contributed by atoms with Gasteiger partial charge in [-0.1, -0.05) is 29.8 Å². The van der Waals surface area contributed by atoms with E-state index in [4.69, 9.17) is 0 Å². The number of ketones is 1. The molecule has 5 heteroatoms. The van der Waals surface area contributed by atoms with E-state index in [-0.39, 0.29) is 11.7 Å². The third kappa shape index (κ3) is 5.01. The number of amides is 1. The first kappa shape index (κ1) is 18.3. The number of hydrogen-bond acceptors (Lipinski definition) is 4. The average molecular weight is 359 g/mol. The number of Topliss-reactive ketones (excluding diaryl/α,β-unsaturated/α-hetero) is 1. The molecule has 0 bridgehead atoms. The average Bonchev–Trinajstić information content (AvgIpc) is 2.67. The van der Waals surface area contributed by atoms with Crippen LogP contribution in [-0.4, -0.2) is 16.7 Å². The Balaban J connectivity index is 1.59. The van der Waals surface area contributed by atoms with Gasteiger partial charge in [-0.2, -0.15) is 0 Å². The highest BCUT2D eigenvalue weighted by atomic mass is 16.2. The van der Waals surface area contributed by atoms with Crippen molar-refractivity contribution in [2.24, 2.45) is 0 Å². The van der Waals surface area contributed by atoms with Crippen molar-refractivity contribution in [3.05, 3.63) is 89.2 Å². The van der Waals surface area contributed by atoms with Crippen LogP contribution in [0, 0.1) is 6.92 Å². The molecule has 1 heterocycles. The Hall–Kier alpha value is -3.47. The fraction of sp³-hybridized carbons (Fsp3) is 0.136. The van der Waals surface area contributed by atoms with Crippen LogP contribution in [0.15, 0.2) is 66.9 Å². The predicted molar refractivity (Wildman–Crippen MR) is 107 cm³/mol. The highest BCUT2D eigenvalue weighted by Gasteiger charge is 2.08. The highest BCUT2D eigenvalue weighted by molar-refractivity contribution is 6.03. The summed E-state index contributed by atoms with van der Waals surface area (Å²) < 4.78 is 0. The summed E-state index contributed by atoms with van der Waals surface area (Å²) in [5, 5.41) is 6.07. The number of aromatic nitrogens is 1. The Bertz CT molecular complexity index is 948. The summed E-state index contributed by atoms with van der Waals surface area (Å²) >= 11 is 0. The zero-order valence-corrected chi connectivity index (χ0v) is 15.3. The minimum absolute atomic E-state index is 0.0108. The van der Waals surface area contributed by atoms with E-state index < -0.39 is 0 Å². The maximum absolute atomic E-state index is 12.3. The molecule has 1 amide bonds. The summed E-state index contributed by atoms with van der Waals surface area (Å²) in [5.74, 6) is -0.306. The molecule has 0 aliphatic heterocycles. The van der Waals surface area contributed by atoms with Gasteiger partial charge in [0.15, 0.2) is 5.78 Å². The van der Waals surface area contributed by atoms with E-state index in [9.17, 15) is 9.59 Å². The van der Waals surface area contributed by atoms with Crippen LogP contribution in [0.25, 0.3) is 0 Å². The van der Waals surface area contributed by atoms with Crippen LogP contribution < -0.4 is 10.6 Å². The number of pyridine rings is 1. The molecule has 2 N–H and O–H groups in total. The molecular formula is C22H21N3O2. The number of rotatable bonds is 6. The first-order valence-corrected chi connectivity index (χ1v) is 8.69. The Morgan fingerprint density at radius 2 is 1.70 bits per heavy atom. The van der Waals surface area contributed by atoms with Crippen molar-refractivity contribution in [1.29, 1.82) is 0 Å². The fourth-order valence-electron chi connectivity index (χ4n) is 2.64. The van der Waals surface area contributed by atoms with E-state index in [1.807, 2.05) is 12.1 Å². The number of benzene rings is 2. The lowest BCUT2D eigenvalue weighted by atomic mass is 10.1. The van der Waals surface area contributed by atoms with Gasteiger partial charge in [0.05, 0.1) is 11.9 Å². The maximum atomic E-state index is 12.3. The van der Waals surface area contributed by atoms with Gasteiger partial charge in [0.2, 0.25) is 0 Å². The molecule has 3 aromatic rings. The lowest BCUT2D eigenvalue weighted by molar-refractivity contribution is 0.101. The SMILES string of the molecule is CC(=O)c1ccc(NC(=O)c2ccc(NCc3cccc(C)c3)cn2)cc1. The molecule has 0 radical (unpaired) electrons. The summed E-state index contributed by atoms with van der Waals surface area (Å²) in [5.41, 5.74) is 4.80. The topological polar surface area (TPSA) is 71.1 Å². The maximum Gasteiger partial charge on any atom is 0.274 e. The molecule has 0 fully saturated rings. The van der Waals surface area contributed by atoms with E-state index in [0.29, 0.717) is 23.5 Å². The molecule has 2 aromatic carbocycles. The highest BCUT2D eigenvalue weighted by Crippen LogP contribution is 2.13. The van der Waals surface area contributed by atoms with Crippen molar-refractivity contribution in [3.63, 3.8) is 0 Å². The Morgan fingerprint density at radius 3 is 2.33 bits per heavy atom. The summed E-state index contributed by atoms with van der Waals surface area (Å²) in [6.07, 6.45) is 1.64. The standard InChI is InChI=1S/C22H21N3O2/c1-15-4-3-5-17(12-15)13-23-20-10-11-21(24-14-20)22(27)25-19-8-6-18(7-9-19)16(2)26/h3-12,14,23H,13H2,1-2H3,(H,25,27). The Kier molecular flexibility index (Phi) is 5.61. The summed E-state index contributed by atoms with van der Waals surface area (Å²) in [6.45, 7) is 4.26. The van der Waals surface area contributed by atoms with Crippen LogP contribution in [0.3, 0.4) is 0 Å². The summed E-state index contributed by atoms with van der Waals surface area (Å²) in [6, 6.07) is 18.6. The molecule has 3 rings (SSSR count). The monoisotopic (exact) mass is 359 g/mol. The normalized spacial score (nSPS) is 10.3. The lowest BCUT2D eigenvalue weighted by Gasteiger charge is -2.08. The molecule has 0 saturated carbocycles. The summed E-state index contributed by atoms with van der Waals surface area (Å²) in [7, 11) is 0. The van der Waals surface area contributed by atoms with Crippen molar-refractivity contribution >= 4 is 23.1 Å². The van der Waals surface area contributed by atoms with Crippen molar-refractivity contribution < 1.29 is 9.59 Å². The number of aryl methyl sites for hydroxylation is 1. The second-order valence-corrected chi connectivity index (χ2v) is 6.36. The molecule has 0 saturated heterocycles. The third-order valence-electron chi connectivity index (χ3n) is 4.12. The third-order valence-corrected chi connectivity index (χ3v) is 4.12. The number of carbonyl (C=O) groups is 2. The van der Waals surface area contributed by atoms with Crippen LogP contribution in [0.1, 0.15) is 38.9 Å². The largest absolute Gasteiger partial charge is 0.380 e. The van der Waals surface area contributed by atoms with Crippen LogP contribution in [0.2, 0.25) is 0 Å². The molecule has 0 spiro atoms. The van der Waals surface area contributed by atoms with Crippen LogP contribution in [0.4, 0.5) is 11.4 Å². The van der Waals surface area contributed by atoms with Gasteiger partial charge in [-0.15, -0.1) is 0 Å². The van der Waals surface area contributed by atoms with Gasteiger partial charge in [-0.25, -0.2) is 4.98 Å². The van der Waals surface area contributed by atoms with Crippen LogP contribution >= 0.6 is 0 Å². The first-order chi connectivity index (χ1) is 13.0. The quantitative estimate of drug-likeness (QED) is 0.638. The van der Waals surface area contributed by atoms with E-state index in [0.717, 1.165) is 5.69 Å². The van der Waals surface area contributed by atoms with Crippen LogP contribution in [0.5, 0.6) is 0 Å². The molecule has 5 nitrogen and oxygen atoms in total. The Morgan fingerprint density at radius 1 is 0.963 bits per heavy atom. The van der Waals surface area contributed by atoms with Crippen molar-refractivity contribution in [1.82, 2.24) is 4.98 Å². The zero-order valence-electron chi connectivity index (χ0n) is 15.3. The molecule has 0 aliphatic carbocycles. The molecule has 1 aromatic heterocycles. The van der Waals surface area contributed by atoms with Gasteiger partial charge < -0.3 is 10.6 Å². The van der Waals surface area contributed by atoms with Gasteiger partial charge in [-0.3, -0.25) is 9.59 Å². The number of nitrogens with zero attached hydrogens (tertiary/aromatic N) is 1. The van der Waals surface area contributed by atoms with Gasteiger partial charge in [0, 0.05) is 17.8 Å². The second-order valence-electron chi connectivity index (χ2n) is 6.36. The van der Waals surface area contributed by atoms with E-state index >= 15 is 0 Å². The number of nitrogens with one attached hydrogen (secondary N) is 2. The molecule has 136 valence electrons. The van der Waals surface area contributed by atoms with Crippen molar-refractivity contribution in [3.8, 4) is 0 Å². The van der Waals surface area contributed by atoms with Crippen molar-refractivity contribution in [2.75, 3.05) is 10.6 Å². The van der Waals surface area contributed by atoms with E-state index in [2.05, 4.69) is 40.7 Å². The van der Waals surface area contributed by atoms with Crippen molar-refractivity contribution in [2.45, 2.75) is 20.4 Å². The minimum atomic E-state index is -0.296. The van der Waals surface area contributed by atoms with Crippen LogP contribution in [-0.2, 0) is 6.54 Å². The molecular weight excluding hydrogens is 338 g/mol. The van der Waals surface area contributed by atoms with Gasteiger partial charge >= 0.3 is 0 Å². The lowest BCUT2D eigenvalue weighted by Crippen LogP contribution is -2.13. The number of hydrogen-bond donors (Lipinski definition) is 2. The molecule has 0 unspecified atom stereocenters. The first-order valence-electron chi connectivity index (χ1n) is 8.69. The number of anilines is 2. The zero-order chi connectivity index (χ0) is 19.2. The minimum Gasteiger partial charge on any atom is -0.380 e. The van der Waals surface area contributed by atoms with E-state index in [1.54, 1.807) is 36.5 Å². The second kappa shape index (κ2) is 8.27. The fourth-order valence-corrected chi connectivity index (χ4v) is 2.64. The molecule has 0 aliphatic rings. The predicted octanol–water partition coefficient (Wildman–Crippen LogP) is 4.46. The summed E-state index contributed by atoms with van der Waals surface area (Å²) in [4.78, 5) is 27.8. The molecule has 27 heavy (non-hydrogen) atoms. The van der Waals surface area contributed by atoms with Gasteiger partial charge in [-0.05, 0) is 55.8 Å². The smallest absolute Gasteiger partial charge is 0.274 e. The van der Waals surface area contributed by atoms with E-state index in [1.165, 1.54) is 18.1 Å². The van der Waals surface area contributed by atoms with Gasteiger partial charge in [0.25, 0.3) is 5.91 Å². The van der Waals surface area contributed by atoms with Gasteiger partial charge in [0.1, 0.15) is 5.69 Å².